The summed E-state index contributed by atoms with van der Waals surface area (Å²) in [7, 11) is 0. The van der Waals surface area contributed by atoms with Crippen molar-refractivity contribution in [3.63, 3.8) is 0 Å². The molecule has 0 N–H and O–H groups in total. The van der Waals surface area contributed by atoms with E-state index in [-0.39, 0.29) is 6.54 Å². The van der Waals surface area contributed by atoms with Crippen molar-refractivity contribution >= 4 is 17.3 Å². The summed E-state index contributed by atoms with van der Waals surface area (Å²) in [4.78, 5) is 0. The van der Waals surface area contributed by atoms with E-state index in [1.165, 1.54) is 0 Å². The molecule has 0 aliphatic rings. The van der Waals surface area contributed by atoms with Crippen molar-refractivity contribution in [1.82, 2.24) is 0 Å². The maximum absolute atomic E-state index is 8.47. The number of halogens is 1. The Morgan fingerprint density at radius 3 is 2.67 bits per heavy atom. The summed E-state index contributed by atoms with van der Waals surface area (Å²) < 4.78 is 0. The highest BCUT2D eigenvalue weighted by molar-refractivity contribution is 6.30. The zero-order chi connectivity index (χ0) is 11.1. The van der Waals surface area contributed by atoms with E-state index in [4.69, 9.17) is 22.1 Å². The molecule has 0 saturated heterocycles. The average Bonchev–Trinajstić information content (AvgIpc) is 2.25. The van der Waals surface area contributed by atoms with Crippen LogP contribution in [0.4, 0.5) is 5.69 Å². The second-order valence-corrected chi connectivity index (χ2v) is 3.15. The Bertz CT molecular complexity index is 427. The molecule has 15 heavy (non-hydrogen) atoms. The molecular formula is C10H7ClN4. The molecule has 0 unspecified atom stereocenters. The first-order chi connectivity index (χ1) is 7.26. The summed E-state index contributed by atoms with van der Waals surface area (Å²) in [6.07, 6.45) is 0. The Hall–Kier alpha value is -1.91. The van der Waals surface area contributed by atoms with Crippen LogP contribution in [0.25, 0.3) is 0 Å². The van der Waals surface area contributed by atoms with Gasteiger partial charge in [0.15, 0.2) is 5.92 Å². The largest absolute Gasteiger partial charge is 0.197 e. The van der Waals surface area contributed by atoms with Gasteiger partial charge < -0.3 is 0 Å². The second kappa shape index (κ2) is 5.74. The summed E-state index contributed by atoms with van der Waals surface area (Å²) in [5, 5.41) is 25.1. The predicted molar refractivity (Wildman–Crippen MR) is 55.6 cm³/mol. The van der Waals surface area contributed by atoms with Crippen LogP contribution < -0.4 is 0 Å². The SMILES string of the molecule is N#CC(C#N)CN=Nc1cccc(Cl)c1. The monoisotopic (exact) mass is 218 g/mol. The molecular weight excluding hydrogens is 212 g/mol. The van der Waals surface area contributed by atoms with Crippen LogP contribution in [-0.2, 0) is 0 Å². The van der Waals surface area contributed by atoms with Crippen molar-refractivity contribution in [3.8, 4) is 12.1 Å². The summed E-state index contributed by atoms with van der Waals surface area (Å²) in [5.74, 6) is -0.743. The molecule has 0 saturated carbocycles. The van der Waals surface area contributed by atoms with Crippen LogP contribution in [0.15, 0.2) is 34.5 Å². The maximum atomic E-state index is 8.47. The Morgan fingerprint density at radius 2 is 2.07 bits per heavy atom. The van der Waals surface area contributed by atoms with Crippen LogP contribution in [0.5, 0.6) is 0 Å². The van der Waals surface area contributed by atoms with E-state index in [0.29, 0.717) is 10.7 Å². The topological polar surface area (TPSA) is 72.3 Å². The van der Waals surface area contributed by atoms with E-state index in [1.807, 2.05) is 12.1 Å². The number of benzene rings is 1. The minimum Gasteiger partial charge on any atom is -0.197 e. The van der Waals surface area contributed by atoms with Crippen LogP contribution in [0.2, 0.25) is 5.02 Å². The molecule has 4 nitrogen and oxygen atoms in total. The van der Waals surface area contributed by atoms with Crippen LogP contribution in [-0.4, -0.2) is 6.54 Å². The van der Waals surface area contributed by atoms with Gasteiger partial charge in [-0.25, -0.2) is 0 Å². The molecule has 0 atom stereocenters. The van der Waals surface area contributed by atoms with Gasteiger partial charge >= 0.3 is 0 Å². The van der Waals surface area contributed by atoms with Gasteiger partial charge in [0.2, 0.25) is 0 Å². The summed E-state index contributed by atoms with van der Waals surface area (Å²) >= 11 is 5.73. The van der Waals surface area contributed by atoms with Crippen LogP contribution in [0.1, 0.15) is 0 Å². The van der Waals surface area contributed by atoms with E-state index in [9.17, 15) is 0 Å². The van der Waals surface area contributed by atoms with Gasteiger partial charge in [0.05, 0.1) is 24.4 Å². The van der Waals surface area contributed by atoms with Gasteiger partial charge in [-0.15, -0.1) is 0 Å². The highest BCUT2D eigenvalue weighted by Crippen LogP contribution is 2.18. The molecule has 0 heterocycles. The number of rotatable bonds is 3. The highest BCUT2D eigenvalue weighted by atomic mass is 35.5. The third-order valence-electron chi connectivity index (χ3n) is 1.57. The smallest absolute Gasteiger partial charge is 0.154 e. The lowest BCUT2D eigenvalue weighted by molar-refractivity contribution is 0.809. The molecule has 0 spiro atoms. The molecule has 0 fully saturated rings. The molecule has 0 radical (unpaired) electrons. The maximum Gasteiger partial charge on any atom is 0.154 e. The van der Waals surface area contributed by atoms with Gasteiger partial charge in [0.1, 0.15) is 0 Å². The highest BCUT2D eigenvalue weighted by Gasteiger charge is 2.02. The van der Waals surface area contributed by atoms with Gasteiger partial charge in [-0.1, -0.05) is 17.7 Å². The Morgan fingerprint density at radius 1 is 1.33 bits per heavy atom. The van der Waals surface area contributed by atoms with E-state index in [2.05, 4.69) is 10.2 Å². The fourth-order valence-corrected chi connectivity index (χ4v) is 1.04. The molecule has 1 rings (SSSR count). The summed E-state index contributed by atoms with van der Waals surface area (Å²) in [5.41, 5.74) is 0.608. The van der Waals surface area contributed by atoms with E-state index >= 15 is 0 Å². The van der Waals surface area contributed by atoms with Gasteiger partial charge in [0.25, 0.3) is 0 Å². The first kappa shape index (κ1) is 11.2. The minimum atomic E-state index is -0.743. The first-order valence-corrected chi connectivity index (χ1v) is 4.56. The van der Waals surface area contributed by atoms with Gasteiger partial charge in [-0.2, -0.15) is 20.8 Å². The quantitative estimate of drug-likeness (QED) is 0.732. The Kier molecular flexibility index (Phi) is 4.28. The Labute approximate surface area is 92.4 Å². The number of azo groups is 1. The first-order valence-electron chi connectivity index (χ1n) is 4.18. The van der Waals surface area contributed by atoms with Gasteiger partial charge in [0, 0.05) is 5.02 Å². The average molecular weight is 219 g/mol. The lowest BCUT2D eigenvalue weighted by Crippen LogP contribution is -1.95. The van der Waals surface area contributed by atoms with Crippen LogP contribution in [0, 0.1) is 28.6 Å². The third-order valence-corrected chi connectivity index (χ3v) is 1.81. The van der Waals surface area contributed by atoms with Gasteiger partial charge in [-0.3, -0.25) is 0 Å². The third kappa shape index (κ3) is 3.76. The van der Waals surface area contributed by atoms with Crippen LogP contribution >= 0.6 is 11.6 Å². The fraction of sp³-hybridized carbons (Fsp3) is 0.200. The molecule has 0 aromatic heterocycles. The van der Waals surface area contributed by atoms with Crippen molar-refractivity contribution in [2.45, 2.75) is 0 Å². The van der Waals surface area contributed by atoms with Crippen molar-refractivity contribution in [1.29, 1.82) is 10.5 Å². The van der Waals surface area contributed by atoms with E-state index in [0.717, 1.165) is 0 Å². The number of nitrogens with zero attached hydrogens (tertiary/aromatic N) is 4. The minimum absolute atomic E-state index is 0.0829. The summed E-state index contributed by atoms with van der Waals surface area (Å²) in [6.45, 7) is 0.0829. The number of nitriles is 2. The molecule has 0 bridgehead atoms. The lowest BCUT2D eigenvalue weighted by Gasteiger charge is -1.93. The zero-order valence-electron chi connectivity index (χ0n) is 7.76. The van der Waals surface area contributed by atoms with Crippen molar-refractivity contribution < 1.29 is 0 Å². The van der Waals surface area contributed by atoms with Crippen molar-refractivity contribution in [2.24, 2.45) is 16.1 Å². The van der Waals surface area contributed by atoms with E-state index < -0.39 is 5.92 Å². The van der Waals surface area contributed by atoms with Crippen molar-refractivity contribution in [2.75, 3.05) is 6.54 Å². The standard InChI is InChI=1S/C10H7ClN4/c11-9-2-1-3-10(4-9)15-14-7-8(5-12)6-13/h1-4,8H,7H2. The fourth-order valence-electron chi connectivity index (χ4n) is 0.853. The molecule has 1 aromatic rings. The second-order valence-electron chi connectivity index (χ2n) is 2.71. The molecule has 1 aromatic carbocycles. The van der Waals surface area contributed by atoms with Crippen LogP contribution in [0.3, 0.4) is 0 Å². The molecule has 0 aliphatic heterocycles. The molecule has 5 heteroatoms. The Balaban J connectivity index is 2.60. The predicted octanol–water partition coefficient (Wildman–Crippen LogP) is 3.09. The van der Waals surface area contributed by atoms with Gasteiger partial charge in [-0.05, 0) is 18.2 Å². The normalized spacial score (nSPS) is 10.1. The molecule has 0 amide bonds. The molecule has 0 aliphatic carbocycles. The number of hydrogen-bond acceptors (Lipinski definition) is 4. The zero-order valence-corrected chi connectivity index (χ0v) is 8.52. The lowest BCUT2D eigenvalue weighted by atomic mass is 10.2. The molecule has 74 valence electrons. The van der Waals surface area contributed by atoms with Crippen molar-refractivity contribution in [3.05, 3.63) is 29.3 Å². The van der Waals surface area contributed by atoms with E-state index in [1.54, 1.807) is 24.3 Å². The summed E-state index contributed by atoms with van der Waals surface area (Å²) in [6, 6.07) is 10.5. The number of hydrogen-bond donors (Lipinski definition) is 0.